The van der Waals surface area contributed by atoms with Crippen LogP contribution in [0.3, 0.4) is 0 Å². The lowest BCUT2D eigenvalue weighted by Gasteiger charge is -2.21. The van der Waals surface area contributed by atoms with Crippen LogP contribution in [0.1, 0.15) is 36.2 Å². The van der Waals surface area contributed by atoms with Gasteiger partial charge in [0, 0.05) is 60.7 Å². The van der Waals surface area contributed by atoms with E-state index >= 15 is 0 Å². The first-order valence-corrected chi connectivity index (χ1v) is 12.8. The van der Waals surface area contributed by atoms with E-state index in [9.17, 15) is 4.79 Å². The maximum Gasteiger partial charge on any atom is 0.244 e. The predicted molar refractivity (Wildman–Crippen MR) is 143 cm³/mol. The molecule has 0 aromatic carbocycles. The third kappa shape index (κ3) is 3.58. The number of aryl methyl sites for hydroxylation is 1. The summed E-state index contributed by atoms with van der Waals surface area (Å²) in [6, 6.07) is 6.06. The standard InChI is InChI=1S/C27H29N9O/c1-15-17(11-30-19-4-3-7-29-25(15)19)20-8-16-9-22(31-12-18(16)26(28)32-20)33-23-10-21-27(5-6-27)14-35(2)24(37)13-36(21)34-23/h8-12,29H,3-7,13-14H2,1-2H3,(H2,28,32)(H,31,33,34). The Kier molecular flexibility index (Phi) is 4.70. The molecule has 1 amide bonds. The second-order valence-electron chi connectivity index (χ2n) is 10.6. The molecule has 10 heteroatoms. The molecular formula is C27H29N9O. The van der Waals surface area contributed by atoms with Gasteiger partial charge in [-0.2, -0.15) is 5.10 Å². The molecule has 0 saturated heterocycles. The molecule has 0 radical (unpaired) electrons. The van der Waals surface area contributed by atoms with Crippen molar-refractivity contribution >= 4 is 39.8 Å². The van der Waals surface area contributed by atoms with E-state index in [0.29, 0.717) is 17.5 Å². The molecule has 0 bridgehead atoms. The summed E-state index contributed by atoms with van der Waals surface area (Å²) in [7, 11) is 1.88. The molecule has 10 nitrogen and oxygen atoms in total. The topological polar surface area (TPSA) is 127 Å². The molecule has 1 fully saturated rings. The molecule has 4 aromatic heterocycles. The van der Waals surface area contributed by atoms with Crippen LogP contribution in [0.2, 0.25) is 0 Å². The molecule has 1 saturated carbocycles. The summed E-state index contributed by atoms with van der Waals surface area (Å²) in [4.78, 5) is 28.3. The Morgan fingerprint density at radius 2 is 2.00 bits per heavy atom. The summed E-state index contributed by atoms with van der Waals surface area (Å²) in [5, 5.41) is 13.3. The SMILES string of the molecule is Cc1c(-c2cc3cc(Nc4cc5n(n4)CC(=O)N(C)CC54CC4)ncc3c(N)n2)cnc2c1NCCC2. The molecule has 1 spiro atoms. The van der Waals surface area contributed by atoms with Gasteiger partial charge in [0.1, 0.15) is 18.2 Å². The van der Waals surface area contributed by atoms with Crippen LogP contribution >= 0.6 is 0 Å². The van der Waals surface area contributed by atoms with Crippen molar-refractivity contribution < 1.29 is 4.79 Å². The number of carbonyl (C=O) groups excluding carboxylic acids is 1. The summed E-state index contributed by atoms with van der Waals surface area (Å²) >= 11 is 0. The van der Waals surface area contributed by atoms with Crippen molar-refractivity contribution in [3.8, 4) is 11.3 Å². The molecule has 3 aliphatic rings. The second-order valence-corrected chi connectivity index (χ2v) is 10.6. The Morgan fingerprint density at radius 3 is 2.84 bits per heavy atom. The molecule has 37 heavy (non-hydrogen) atoms. The summed E-state index contributed by atoms with van der Waals surface area (Å²) in [5.41, 5.74) is 12.6. The van der Waals surface area contributed by atoms with Crippen LogP contribution in [0.4, 0.5) is 23.1 Å². The van der Waals surface area contributed by atoms with Crippen LogP contribution < -0.4 is 16.4 Å². The maximum absolute atomic E-state index is 12.5. The predicted octanol–water partition coefficient (Wildman–Crippen LogP) is 3.38. The smallest absolute Gasteiger partial charge is 0.244 e. The Morgan fingerprint density at radius 1 is 1.14 bits per heavy atom. The van der Waals surface area contributed by atoms with Crippen molar-refractivity contribution in [3.05, 3.63) is 47.5 Å². The number of nitrogens with two attached hydrogens (primary N) is 1. The number of hydrogen-bond acceptors (Lipinski definition) is 8. The average Bonchev–Trinajstić information content (AvgIpc) is 3.57. The van der Waals surface area contributed by atoms with E-state index in [-0.39, 0.29) is 17.9 Å². The van der Waals surface area contributed by atoms with Crippen LogP contribution in [0.15, 0.2) is 30.6 Å². The van der Waals surface area contributed by atoms with Crippen LogP contribution in [0, 0.1) is 6.92 Å². The molecular weight excluding hydrogens is 466 g/mol. The van der Waals surface area contributed by atoms with Gasteiger partial charge in [-0.15, -0.1) is 0 Å². The fourth-order valence-electron chi connectivity index (χ4n) is 5.78. The quantitative estimate of drug-likeness (QED) is 0.395. The highest BCUT2D eigenvalue weighted by Gasteiger charge is 2.50. The zero-order valence-electron chi connectivity index (χ0n) is 21.0. The number of rotatable bonds is 3. The summed E-state index contributed by atoms with van der Waals surface area (Å²) in [6.07, 6.45) is 7.87. The highest BCUT2D eigenvalue weighted by Crippen LogP contribution is 2.50. The minimum atomic E-state index is 0.0231. The first kappa shape index (κ1) is 22.0. The Bertz CT molecular complexity index is 1590. The number of hydrogen-bond donors (Lipinski definition) is 3. The number of fused-ring (bicyclic) bond motifs is 4. The van der Waals surface area contributed by atoms with Gasteiger partial charge in [-0.05, 0) is 55.7 Å². The Balaban J connectivity index is 1.23. The van der Waals surface area contributed by atoms with Gasteiger partial charge in [0.15, 0.2) is 5.82 Å². The lowest BCUT2D eigenvalue weighted by Crippen LogP contribution is -2.32. The van der Waals surface area contributed by atoms with Gasteiger partial charge in [0.05, 0.1) is 17.1 Å². The number of likely N-dealkylation sites (N-methyl/N-ethyl adjacent to an activating group) is 1. The fraction of sp³-hybridized carbons (Fsp3) is 0.370. The van der Waals surface area contributed by atoms with Gasteiger partial charge in [0.25, 0.3) is 0 Å². The zero-order valence-corrected chi connectivity index (χ0v) is 21.0. The summed E-state index contributed by atoms with van der Waals surface area (Å²) < 4.78 is 1.85. The minimum Gasteiger partial charge on any atom is -0.383 e. The fourth-order valence-corrected chi connectivity index (χ4v) is 5.78. The molecule has 6 heterocycles. The average molecular weight is 496 g/mol. The highest BCUT2D eigenvalue weighted by molar-refractivity contribution is 5.95. The lowest BCUT2D eigenvalue weighted by atomic mass is 9.99. The summed E-state index contributed by atoms with van der Waals surface area (Å²) in [6.45, 7) is 4.06. The number of nitrogen functional groups attached to an aromatic ring is 1. The number of carbonyl (C=O) groups is 1. The minimum absolute atomic E-state index is 0.0231. The largest absolute Gasteiger partial charge is 0.383 e. The highest BCUT2D eigenvalue weighted by atomic mass is 16.2. The molecule has 1 aliphatic carbocycles. The Hall–Kier alpha value is -4.21. The van der Waals surface area contributed by atoms with Crippen LogP contribution in [0.25, 0.3) is 22.0 Å². The Labute approximate surface area is 214 Å². The van der Waals surface area contributed by atoms with Gasteiger partial charge < -0.3 is 21.3 Å². The van der Waals surface area contributed by atoms with Crippen LogP contribution in [0.5, 0.6) is 0 Å². The molecule has 0 atom stereocenters. The molecule has 4 N–H and O–H groups in total. The number of pyridine rings is 3. The molecule has 188 valence electrons. The van der Waals surface area contributed by atoms with Crippen molar-refractivity contribution in [3.63, 3.8) is 0 Å². The molecule has 0 unspecified atom stereocenters. The summed E-state index contributed by atoms with van der Waals surface area (Å²) in [5.74, 6) is 1.87. The van der Waals surface area contributed by atoms with Crippen molar-refractivity contribution in [1.29, 1.82) is 0 Å². The van der Waals surface area contributed by atoms with E-state index < -0.39 is 0 Å². The van der Waals surface area contributed by atoms with Crippen molar-refractivity contribution in [2.75, 3.05) is 36.5 Å². The van der Waals surface area contributed by atoms with Crippen molar-refractivity contribution in [2.24, 2.45) is 0 Å². The van der Waals surface area contributed by atoms with E-state index in [1.807, 2.05) is 35.0 Å². The number of anilines is 4. The molecule has 4 aromatic rings. The third-order valence-electron chi connectivity index (χ3n) is 8.01. The molecule has 7 rings (SSSR count). The third-order valence-corrected chi connectivity index (χ3v) is 8.01. The number of nitrogens with one attached hydrogen (secondary N) is 2. The first-order chi connectivity index (χ1) is 17.9. The van der Waals surface area contributed by atoms with Crippen molar-refractivity contribution in [1.82, 2.24) is 29.6 Å². The number of nitrogens with zero attached hydrogens (tertiary/aromatic N) is 6. The van der Waals surface area contributed by atoms with Gasteiger partial charge in [-0.1, -0.05) is 0 Å². The molecule has 2 aliphatic heterocycles. The van der Waals surface area contributed by atoms with E-state index in [0.717, 1.165) is 83.4 Å². The van der Waals surface area contributed by atoms with Gasteiger partial charge >= 0.3 is 0 Å². The van der Waals surface area contributed by atoms with Crippen molar-refractivity contribution in [2.45, 2.75) is 44.6 Å². The van der Waals surface area contributed by atoms with Gasteiger partial charge in [-0.25, -0.2) is 9.97 Å². The normalized spacial score (nSPS) is 17.8. The van der Waals surface area contributed by atoms with Crippen LogP contribution in [-0.4, -0.2) is 55.7 Å². The van der Waals surface area contributed by atoms with Gasteiger partial charge in [-0.3, -0.25) is 14.5 Å². The monoisotopic (exact) mass is 495 g/mol. The van der Waals surface area contributed by atoms with E-state index in [1.165, 1.54) is 0 Å². The second kappa shape index (κ2) is 7.89. The lowest BCUT2D eigenvalue weighted by molar-refractivity contribution is -0.130. The van der Waals surface area contributed by atoms with Gasteiger partial charge in [0.2, 0.25) is 5.91 Å². The van der Waals surface area contributed by atoms with Crippen LogP contribution in [-0.2, 0) is 23.2 Å². The zero-order chi connectivity index (χ0) is 25.3. The number of aromatic nitrogens is 5. The van der Waals surface area contributed by atoms with E-state index in [1.54, 1.807) is 6.20 Å². The van der Waals surface area contributed by atoms with E-state index in [4.69, 9.17) is 15.8 Å². The van der Waals surface area contributed by atoms with E-state index in [2.05, 4.69) is 33.6 Å². The maximum atomic E-state index is 12.5. The first-order valence-electron chi connectivity index (χ1n) is 12.8. The number of amides is 1.